The first kappa shape index (κ1) is 26.3. The number of carbonyl (C=O) groups is 1. The minimum Gasteiger partial charge on any atom is -0.474 e. The van der Waals surface area contributed by atoms with Gasteiger partial charge in [0, 0.05) is 5.69 Å². The minimum atomic E-state index is -4.18. The lowest BCUT2D eigenvalue weighted by Crippen LogP contribution is -2.31. The normalized spacial score (nSPS) is 15.4. The molecule has 41 heavy (non-hydrogen) atoms. The van der Waals surface area contributed by atoms with Crippen LogP contribution < -0.4 is 4.90 Å². The highest BCUT2D eigenvalue weighted by atomic mass is 32.2. The highest BCUT2D eigenvalue weighted by Gasteiger charge is 2.49. The number of para-hydroxylation sites is 1. The SMILES string of the molecule is O=C1C(OC(c2ccccc2)c2ccccc2)=C(S(=O)(=O)c2ccccc2)[C@H](c2ccccc2)N1c1ccccc1. The van der Waals surface area contributed by atoms with Crippen LogP contribution >= 0.6 is 0 Å². The largest absolute Gasteiger partial charge is 0.474 e. The van der Waals surface area contributed by atoms with Crippen molar-refractivity contribution in [1.82, 2.24) is 0 Å². The molecule has 0 N–H and O–H groups in total. The topological polar surface area (TPSA) is 63.7 Å². The lowest BCUT2D eigenvalue weighted by molar-refractivity contribution is -0.118. The number of hydrogen-bond acceptors (Lipinski definition) is 4. The van der Waals surface area contributed by atoms with E-state index in [4.69, 9.17) is 4.74 Å². The first-order chi connectivity index (χ1) is 20.1. The second kappa shape index (κ2) is 11.3. The Kier molecular flexibility index (Phi) is 7.23. The van der Waals surface area contributed by atoms with E-state index < -0.39 is 27.9 Å². The number of rotatable bonds is 8. The second-order valence-electron chi connectivity index (χ2n) is 9.65. The van der Waals surface area contributed by atoms with Crippen LogP contribution in [0.1, 0.15) is 28.8 Å². The molecule has 1 aliphatic heterocycles. The molecule has 0 spiro atoms. The maximum atomic E-state index is 14.5. The van der Waals surface area contributed by atoms with Crippen molar-refractivity contribution >= 4 is 21.4 Å². The zero-order valence-electron chi connectivity index (χ0n) is 22.1. The number of benzene rings is 5. The Morgan fingerprint density at radius 1 is 0.585 bits per heavy atom. The molecular formula is C35H27NO4S. The summed E-state index contributed by atoms with van der Waals surface area (Å²) in [7, 11) is -4.18. The lowest BCUT2D eigenvalue weighted by atomic mass is 10.0. The Hall–Kier alpha value is -4.94. The van der Waals surface area contributed by atoms with Crippen molar-refractivity contribution < 1.29 is 17.9 Å². The third-order valence-corrected chi connectivity index (χ3v) is 8.96. The molecule has 1 amide bonds. The van der Waals surface area contributed by atoms with Gasteiger partial charge in [-0.1, -0.05) is 127 Å². The van der Waals surface area contributed by atoms with Crippen molar-refractivity contribution in [2.45, 2.75) is 17.0 Å². The van der Waals surface area contributed by atoms with Crippen LogP contribution in [0.25, 0.3) is 0 Å². The number of amides is 1. The summed E-state index contributed by atoms with van der Waals surface area (Å²) in [6.45, 7) is 0. The second-order valence-corrected chi connectivity index (χ2v) is 11.6. The summed E-state index contributed by atoms with van der Waals surface area (Å²) in [6.07, 6.45) is -0.718. The van der Waals surface area contributed by atoms with Crippen LogP contribution in [0.4, 0.5) is 5.69 Å². The molecule has 0 bridgehead atoms. The van der Waals surface area contributed by atoms with Gasteiger partial charge in [0.15, 0.2) is 0 Å². The molecule has 202 valence electrons. The minimum absolute atomic E-state index is 0.0828. The maximum Gasteiger partial charge on any atom is 0.295 e. The molecule has 5 aromatic rings. The fourth-order valence-corrected chi connectivity index (χ4v) is 6.85. The Bertz CT molecular complexity index is 1740. The first-order valence-electron chi connectivity index (χ1n) is 13.3. The molecule has 0 aliphatic carbocycles. The summed E-state index contributed by atoms with van der Waals surface area (Å²) in [4.78, 5) is 16.0. The van der Waals surface area contributed by atoms with Crippen LogP contribution in [-0.4, -0.2) is 14.3 Å². The van der Waals surface area contributed by atoms with Gasteiger partial charge < -0.3 is 4.74 Å². The lowest BCUT2D eigenvalue weighted by Gasteiger charge is -2.27. The van der Waals surface area contributed by atoms with Gasteiger partial charge >= 0.3 is 0 Å². The summed E-state index contributed by atoms with van der Waals surface area (Å²) < 4.78 is 35.6. The standard InChI is InChI=1S/C35H27NO4S/c37-35-33(40-32(27-18-8-2-9-19-27)28-20-10-3-11-21-28)34(41(38,39)30-24-14-5-15-25-30)31(26-16-6-1-7-17-26)36(35)29-22-12-4-13-23-29/h1-25,31-32H/t31-/m0/s1. The average molecular weight is 558 g/mol. The van der Waals surface area contributed by atoms with E-state index in [1.54, 1.807) is 42.5 Å². The number of anilines is 1. The zero-order valence-corrected chi connectivity index (χ0v) is 22.9. The van der Waals surface area contributed by atoms with Crippen LogP contribution in [0.5, 0.6) is 0 Å². The third kappa shape index (κ3) is 5.06. The third-order valence-electron chi connectivity index (χ3n) is 7.08. The highest BCUT2D eigenvalue weighted by Crippen LogP contribution is 2.47. The van der Waals surface area contributed by atoms with Crippen LogP contribution in [0.15, 0.2) is 167 Å². The van der Waals surface area contributed by atoms with Crippen LogP contribution in [-0.2, 0) is 19.4 Å². The summed E-state index contributed by atoms with van der Waals surface area (Å²) in [5.74, 6) is -0.708. The van der Waals surface area contributed by atoms with Crippen molar-refractivity contribution in [1.29, 1.82) is 0 Å². The Morgan fingerprint density at radius 3 is 1.54 bits per heavy atom. The fourth-order valence-electron chi connectivity index (χ4n) is 5.17. The molecule has 5 nitrogen and oxygen atoms in total. The van der Waals surface area contributed by atoms with Crippen molar-refractivity contribution in [3.8, 4) is 0 Å². The van der Waals surface area contributed by atoms with E-state index in [0.717, 1.165) is 11.1 Å². The number of sulfone groups is 1. The van der Waals surface area contributed by atoms with Gasteiger partial charge in [0.25, 0.3) is 5.91 Å². The van der Waals surface area contributed by atoms with Gasteiger partial charge in [0.2, 0.25) is 15.6 Å². The van der Waals surface area contributed by atoms with E-state index in [2.05, 4.69) is 0 Å². The summed E-state index contributed by atoms with van der Waals surface area (Å²) >= 11 is 0. The zero-order chi connectivity index (χ0) is 28.2. The van der Waals surface area contributed by atoms with Crippen LogP contribution in [0.3, 0.4) is 0 Å². The average Bonchev–Trinajstić information content (AvgIpc) is 3.34. The molecule has 1 aliphatic rings. The number of ether oxygens (including phenoxy) is 1. The summed E-state index contributed by atoms with van der Waals surface area (Å²) in [5.41, 5.74) is 2.82. The Morgan fingerprint density at radius 2 is 1.02 bits per heavy atom. The highest BCUT2D eigenvalue weighted by molar-refractivity contribution is 7.95. The van der Waals surface area contributed by atoms with E-state index >= 15 is 0 Å². The van der Waals surface area contributed by atoms with Crippen molar-refractivity contribution in [2.24, 2.45) is 0 Å². The number of nitrogens with zero attached hydrogens (tertiary/aromatic N) is 1. The predicted molar refractivity (Wildman–Crippen MR) is 160 cm³/mol. The van der Waals surface area contributed by atoms with Gasteiger partial charge in [0.05, 0.1) is 4.90 Å². The molecule has 0 saturated heterocycles. The molecule has 0 unspecified atom stereocenters. The number of carbonyl (C=O) groups excluding carboxylic acids is 1. The summed E-state index contributed by atoms with van der Waals surface area (Å²) in [5, 5.41) is 0. The van der Waals surface area contributed by atoms with Gasteiger partial charge in [-0.2, -0.15) is 0 Å². The maximum absolute atomic E-state index is 14.5. The summed E-state index contributed by atoms with van der Waals surface area (Å²) in [6, 6.07) is 44.6. The monoisotopic (exact) mass is 557 g/mol. The fraction of sp³-hybridized carbons (Fsp3) is 0.0571. The van der Waals surface area contributed by atoms with Crippen LogP contribution in [0, 0.1) is 0 Å². The first-order valence-corrected chi connectivity index (χ1v) is 14.8. The Balaban J connectivity index is 1.61. The number of hydrogen-bond donors (Lipinski definition) is 0. The molecule has 0 saturated carbocycles. The van der Waals surface area contributed by atoms with E-state index in [-0.39, 0.29) is 15.6 Å². The van der Waals surface area contributed by atoms with Crippen LogP contribution in [0.2, 0.25) is 0 Å². The van der Waals surface area contributed by atoms with E-state index in [1.165, 1.54) is 4.90 Å². The molecule has 5 aromatic carbocycles. The van der Waals surface area contributed by atoms with Gasteiger partial charge in [-0.05, 0) is 41.0 Å². The van der Waals surface area contributed by atoms with Gasteiger partial charge in [-0.3, -0.25) is 9.69 Å². The predicted octanol–water partition coefficient (Wildman–Crippen LogP) is 7.27. The molecule has 6 rings (SSSR count). The molecule has 1 heterocycles. The van der Waals surface area contributed by atoms with E-state index in [9.17, 15) is 13.2 Å². The molecule has 6 heteroatoms. The van der Waals surface area contributed by atoms with Gasteiger partial charge in [-0.15, -0.1) is 0 Å². The van der Waals surface area contributed by atoms with E-state index in [0.29, 0.717) is 11.3 Å². The van der Waals surface area contributed by atoms with E-state index in [1.807, 2.05) is 109 Å². The quantitative estimate of drug-likeness (QED) is 0.201. The van der Waals surface area contributed by atoms with Crippen molar-refractivity contribution in [3.05, 3.63) is 179 Å². The van der Waals surface area contributed by atoms with Crippen molar-refractivity contribution in [3.63, 3.8) is 0 Å². The Labute approximate surface area is 239 Å². The van der Waals surface area contributed by atoms with Gasteiger partial charge in [0.1, 0.15) is 17.1 Å². The molecule has 1 atom stereocenters. The molecule has 0 aromatic heterocycles. The molecule has 0 radical (unpaired) electrons. The van der Waals surface area contributed by atoms with Crippen molar-refractivity contribution in [2.75, 3.05) is 4.90 Å². The van der Waals surface area contributed by atoms with Gasteiger partial charge in [-0.25, -0.2) is 8.42 Å². The smallest absolute Gasteiger partial charge is 0.295 e. The molecular weight excluding hydrogens is 530 g/mol. The molecule has 0 fully saturated rings.